The maximum absolute atomic E-state index is 13.1. The summed E-state index contributed by atoms with van der Waals surface area (Å²) in [6, 6.07) is 12.2. The Labute approximate surface area is 145 Å². The van der Waals surface area contributed by atoms with Crippen LogP contribution in [0.25, 0.3) is 0 Å². The molecule has 6 heteroatoms. The summed E-state index contributed by atoms with van der Waals surface area (Å²) in [5, 5.41) is 6.65. The highest BCUT2D eigenvalue weighted by Crippen LogP contribution is 2.20. The van der Waals surface area contributed by atoms with Gasteiger partial charge in [0, 0.05) is 5.69 Å². The number of nitrogens with one attached hydrogen (secondary N) is 2. The second-order valence-corrected chi connectivity index (χ2v) is 5.77. The molecule has 0 aliphatic heterocycles. The molecule has 0 radical (unpaired) electrons. The fourth-order valence-corrected chi connectivity index (χ4v) is 2.52. The van der Waals surface area contributed by atoms with Gasteiger partial charge in [-0.25, -0.2) is 4.39 Å². The molecule has 1 atom stereocenters. The Morgan fingerprint density at radius 2 is 1.96 bits per heavy atom. The maximum atomic E-state index is 13.1. The summed E-state index contributed by atoms with van der Waals surface area (Å²) in [6.07, 6.45) is 0. The van der Waals surface area contributed by atoms with Crippen molar-refractivity contribution >= 4 is 34.6 Å². The van der Waals surface area contributed by atoms with Crippen LogP contribution in [0.1, 0.15) is 25.5 Å². The standard InChI is InChI=1S/C17H18ClFN2OS/c1-3-22-14-7-4-12(5-8-14)11(2)20-17(23)21-13-6-9-16(19)15(18)10-13/h4-11H,3H2,1-2H3,(H2,20,21,23). The van der Waals surface area contributed by atoms with Crippen LogP contribution in [0.4, 0.5) is 10.1 Å². The van der Waals surface area contributed by atoms with Crippen molar-refractivity contribution in [3.63, 3.8) is 0 Å². The minimum atomic E-state index is -0.459. The Kier molecular flexibility index (Phi) is 6.19. The van der Waals surface area contributed by atoms with E-state index in [4.69, 9.17) is 28.6 Å². The van der Waals surface area contributed by atoms with E-state index >= 15 is 0 Å². The number of hydrogen-bond donors (Lipinski definition) is 2. The molecular weight excluding hydrogens is 335 g/mol. The van der Waals surface area contributed by atoms with Crippen molar-refractivity contribution in [3.8, 4) is 5.75 Å². The third-order valence-corrected chi connectivity index (χ3v) is 3.73. The van der Waals surface area contributed by atoms with Gasteiger partial charge in [-0.2, -0.15) is 0 Å². The predicted molar refractivity (Wildman–Crippen MR) is 96.8 cm³/mol. The van der Waals surface area contributed by atoms with Gasteiger partial charge in [0.25, 0.3) is 0 Å². The third-order valence-electron chi connectivity index (χ3n) is 3.22. The molecule has 2 rings (SSSR count). The zero-order chi connectivity index (χ0) is 16.8. The van der Waals surface area contributed by atoms with Crippen LogP contribution in [0, 0.1) is 5.82 Å². The van der Waals surface area contributed by atoms with E-state index in [9.17, 15) is 4.39 Å². The van der Waals surface area contributed by atoms with Crippen molar-refractivity contribution in [1.29, 1.82) is 0 Å². The summed E-state index contributed by atoms with van der Waals surface area (Å²) in [6.45, 7) is 4.59. The number of anilines is 1. The Balaban J connectivity index is 1.94. The lowest BCUT2D eigenvalue weighted by atomic mass is 10.1. The molecule has 2 aromatic rings. The Morgan fingerprint density at radius 3 is 2.57 bits per heavy atom. The molecule has 1 unspecified atom stereocenters. The molecular formula is C17H18ClFN2OS. The van der Waals surface area contributed by atoms with E-state index in [1.807, 2.05) is 38.1 Å². The van der Waals surface area contributed by atoms with Gasteiger partial charge in [0.2, 0.25) is 0 Å². The molecule has 0 saturated carbocycles. The zero-order valence-corrected chi connectivity index (χ0v) is 14.5. The molecule has 2 N–H and O–H groups in total. The topological polar surface area (TPSA) is 33.3 Å². The molecule has 23 heavy (non-hydrogen) atoms. The van der Waals surface area contributed by atoms with Crippen molar-refractivity contribution in [3.05, 3.63) is 58.9 Å². The first-order chi connectivity index (χ1) is 11.0. The van der Waals surface area contributed by atoms with E-state index in [2.05, 4.69) is 10.6 Å². The molecule has 0 aromatic heterocycles. The van der Waals surface area contributed by atoms with Crippen LogP contribution in [0.3, 0.4) is 0 Å². The van der Waals surface area contributed by atoms with E-state index in [0.29, 0.717) is 17.4 Å². The number of hydrogen-bond acceptors (Lipinski definition) is 2. The summed E-state index contributed by atoms with van der Waals surface area (Å²) in [4.78, 5) is 0. The molecule has 0 spiro atoms. The monoisotopic (exact) mass is 352 g/mol. The number of benzene rings is 2. The summed E-state index contributed by atoms with van der Waals surface area (Å²) >= 11 is 11.0. The Hall–Kier alpha value is -1.85. The van der Waals surface area contributed by atoms with Gasteiger partial charge in [0.15, 0.2) is 5.11 Å². The number of thiocarbonyl (C=S) groups is 1. The van der Waals surface area contributed by atoms with Crippen LogP contribution in [0.5, 0.6) is 5.75 Å². The van der Waals surface area contributed by atoms with Crippen LogP contribution in [0.15, 0.2) is 42.5 Å². The molecule has 0 aliphatic rings. The van der Waals surface area contributed by atoms with Crippen LogP contribution >= 0.6 is 23.8 Å². The van der Waals surface area contributed by atoms with Crippen LogP contribution < -0.4 is 15.4 Å². The molecule has 122 valence electrons. The van der Waals surface area contributed by atoms with E-state index in [1.165, 1.54) is 12.1 Å². The summed E-state index contributed by atoms with van der Waals surface area (Å²) in [5.74, 6) is 0.379. The van der Waals surface area contributed by atoms with Gasteiger partial charge in [0.05, 0.1) is 17.7 Å². The Bertz CT molecular complexity index is 679. The van der Waals surface area contributed by atoms with Gasteiger partial charge < -0.3 is 15.4 Å². The largest absolute Gasteiger partial charge is 0.494 e. The molecule has 0 heterocycles. The molecule has 0 amide bonds. The second kappa shape index (κ2) is 8.13. The zero-order valence-electron chi connectivity index (χ0n) is 12.9. The minimum Gasteiger partial charge on any atom is -0.494 e. The highest BCUT2D eigenvalue weighted by Gasteiger charge is 2.08. The predicted octanol–water partition coefficient (Wildman–Crippen LogP) is 4.93. The molecule has 0 saturated heterocycles. The van der Waals surface area contributed by atoms with Gasteiger partial charge in [-0.15, -0.1) is 0 Å². The van der Waals surface area contributed by atoms with E-state index in [0.717, 1.165) is 11.3 Å². The summed E-state index contributed by atoms with van der Waals surface area (Å²) < 4.78 is 18.6. The molecule has 0 bridgehead atoms. The summed E-state index contributed by atoms with van der Waals surface area (Å²) in [5.41, 5.74) is 1.71. The lowest BCUT2D eigenvalue weighted by molar-refractivity contribution is 0.340. The van der Waals surface area contributed by atoms with Crippen molar-refractivity contribution in [2.75, 3.05) is 11.9 Å². The first-order valence-electron chi connectivity index (χ1n) is 7.25. The molecule has 0 fully saturated rings. The van der Waals surface area contributed by atoms with Crippen molar-refractivity contribution in [2.24, 2.45) is 0 Å². The average Bonchev–Trinajstić information content (AvgIpc) is 2.52. The lowest BCUT2D eigenvalue weighted by Gasteiger charge is -2.18. The van der Waals surface area contributed by atoms with Crippen molar-refractivity contribution in [2.45, 2.75) is 19.9 Å². The smallest absolute Gasteiger partial charge is 0.171 e. The fraction of sp³-hybridized carbons (Fsp3) is 0.235. The maximum Gasteiger partial charge on any atom is 0.171 e. The van der Waals surface area contributed by atoms with Crippen molar-refractivity contribution in [1.82, 2.24) is 5.32 Å². The van der Waals surface area contributed by atoms with Gasteiger partial charge in [0.1, 0.15) is 11.6 Å². The number of ether oxygens (including phenoxy) is 1. The molecule has 3 nitrogen and oxygen atoms in total. The van der Waals surface area contributed by atoms with Crippen LogP contribution in [0.2, 0.25) is 5.02 Å². The molecule has 0 aliphatic carbocycles. The van der Waals surface area contributed by atoms with Gasteiger partial charge in [-0.05, 0) is 62.0 Å². The average molecular weight is 353 g/mol. The second-order valence-electron chi connectivity index (χ2n) is 4.95. The van der Waals surface area contributed by atoms with Crippen molar-refractivity contribution < 1.29 is 9.13 Å². The third kappa shape index (κ3) is 5.08. The highest BCUT2D eigenvalue weighted by molar-refractivity contribution is 7.80. The normalized spacial score (nSPS) is 11.7. The SMILES string of the molecule is CCOc1ccc(C(C)NC(=S)Nc2ccc(F)c(Cl)c2)cc1. The summed E-state index contributed by atoms with van der Waals surface area (Å²) in [7, 11) is 0. The van der Waals surface area contributed by atoms with Crippen LogP contribution in [-0.2, 0) is 0 Å². The number of halogens is 2. The van der Waals surface area contributed by atoms with Gasteiger partial charge >= 0.3 is 0 Å². The van der Waals surface area contributed by atoms with Crippen LogP contribution in [-0.4, -0.2) is 11.7 Å². The van der Waals surface area contributed by atoms with E-state index in [-0.39, 0.29) is 11.1 Å². The first-order valence-corrected chi connectivity index (χ1v) is 8.03. The molecule has 2 aromatic carbocycles. The first kappa shape index (κ1) is 17.5. The van der Waals surface area contributed by atoms with E-state index < -0.39 is 5.82 Å². The fourth-order valence-electron chi connectivity index (χ4n) is 2.04. The quantitative estimate of drug-likeness (QED) is 0.748. The van der Waals surface area contributed by atoms with Gasteiger partial charge in [-0.1, -0.05) is 23.7 Å². The van der Waals surface area contributed by atoms with E-state index in [1.54, 1.807) is 6.07 Å². The lowest BCUT2D eigenvalue weighted by Crippen LogP contribution is -2.30. The van der Waals surface area contributed by atoms with Gasteiger partial charge in [-0.3, -0.25) is 0 Å². The number of rotatable bonds is 5. The minimum absolute atomic E-state index is 0.0154. The highest BCUT2D eigenvalue weighted by atomic mass is 35.5. The Morgan fingerprint density at radius 1 is 1.26 bits per heavy atom.